The minimum Gasteiger partial charge on any atom is -0.352 e. The highest BCUT2D eigenvalue weighted by atomic mass is 19.1. The molecular formula is C29H29FN2O. The van der Waals surface area contributed by atoms with Gasteiger partial charge in [0, 0.05) is 35.6 Å². The van der Waals surface area contributed by atoms with E-state index in [4.69, 9.17) is 0 Å². The van der Waals surface area contributed by atoms with Crippen molar-refractivity contribution in [3.63, 3.8) is 0 Å². The summed E-state index contributed by atoms with van der Waals surface area (Å²) in [6.07, 6.45) is 2.45. The molecule has 33 heavy (non-hydrogen) atoms. The smallest absolute Gasteiger partial charge is 0.223 e. The summed E-state index contributed by atoms with van der Waals surface area (Å²) in [7, 11) is 0. The van der Waals surface area contributed by atoms with E-state index >= 15 is 0 Å². The zero-order valence-corrected chi connectivity index (χ0v) is 19.2. The van der Waals surface area contributed by atoms with E-state index in [-0.39, 0.29) is 17.6 Å². The quantitative estimate of drug-likeness (QED) is 0.414. The summed E-state index contributed by atoms with van der Waals surface area (Å²) in [5, 5.41) is 4.27. The van der Waals surface area contributed by atoms with Crippen LogP contribution < -0.4 is 5.32 Å². The van der Waals surface area contributed by atoms with Gasteiger partial charge in [0.15, 0.2) is 0 Å². The van der Waals surface area contributed by atoms with Gasteiger partial charge in [-0.15, -0.1) is 0 Å². The number of nitrogens with zero attached hydrogens (tertiary/aromatic N) is 1. The monoisotopic (exact) mass is 440 g/mol. The summed E-state index contributed by atoms with van der Waals surface area (Å²) in [6, 6.07) is 21.6. The molecule has 0 radical (unpaired) electrons. The second-order valence-corrected chi connectivity index (χ2v) is 9.25. The molecule has 0 saturated carbocycles. The minimum atomic E-state index is -0.277. The lowest BCUT2D eigenvalue weighted by molar-refractivity contribution is -0.125. The standard InChI is InChI=1S/C29H29FN2O/c1-19-10-11-20(2)23(14-19)18-32-27-9-4-3-8-25(27)26-16-22(12-13-28(26)32)29(33)31-17-21-6-5-7-24(30)15-21/h3-11,14-15,22H,12-13,16-18H2,1-2H3,(H,31,33). The van der Waals surface area contributed by atoms with Gasteiger partial charge in [-0.3, -0.25) is 4.79 Å². The van der Waals surface area contributed by atoms with Gasteiger partial charge in [0.2, 0.25) is 5.91 Å². The molecule has 1 amide bonds. The SMILES string of the molecule is Cc1ccc(C)c(Cn2c3c(c4ccccc42)CC(C(=O)NCc2cccc(F)c2)CC3)c1. The van der Waals surface area contributed by atoms with Crippen LogP contribution in [-0.4, -0.2) is 10.5 Å². The predicted molar refractivity (Wildman–Crippen MR) is 131 cm³/mol. The molecule has 4 heteroatoms. The molecule has 3 aromatic carbocycles. The summed E-state index contributed by atoms with van der Waals surface area (Å²) < 4.78 is 15.9. The molecule has 4 aromatic rings. The number of nitrogens with one attached hydrogen (secondary N) is 1. The van der Waals surface area contributed by atoms with Gasteiger partial charge in [0.05, 0.1) is 0 Å². The second kappa shape index (κ2) is 8.86. The van der Waals surface area contributed by atoms with E-state index in [0.29, 0.717) is 6.54 Å². The molecule has 0 fully saturated rings. The van der Waals surface area contributed by atoms with E-state index in [2.05, 4.69) is 66.2 Å². The molecule has 3 nitrogen and oxygen atoms in total. The first-order valence-electron chi connectivity index (χ1n) is 11.7. The second-order valence-electron chi connectivity index (χ2n) is 9.25. The molecular weight excluding hydrogens is 411 g/mol. The number of hydrogen-bond donors (Lipinski definition) is 1. The first kappa shape index (κ1) is 21.4. The van der Waals surface area contributed by atoms with E-state index in [9.17, 15) is 9.18 Å². The Morgan fingerprint density at radius 1 is 1.06 bits per heavy atom. The van der Waals surface area contributed by atoms with Crippen LogP contribution in [0.15, 0.2) is 66.7 Å². The molecule has 1 unspecified atom stereocenters. The highest BCUT2D eigenvalue weighted by Gasteiger charge is 2.29. The van der Waals surface area contributed by atoms with Crippen LogP contribution in [0.5, 0.6) is 0 Å². The first-order valence-corrected chi connectivity index (χ1v) is 11.7. The Kier molecular flexibility index (Phi) is 5.76. The molecule has 0 saturated heterocycles. The van der Waals surface area contributed by atoms with Gasteiger partial charge in [-0.25, -0.2) is 4.39 Å². The number of hydrogen-bond acceptors (Lipinski definition) is 1. The summed E-state index contributed by atoms with van der Waals surface area (Å²) in [6.45, 7) is 5.51. The zero-order valence-electron chi connectivity index (χ0n) is 19.2. The van der Waals surface area contributed by atoms with Crippen LogP contribution in [-0.2, 0) is 30.7 Å². The highest BCUT2D eigenvalue weighted by molar-refractivity contribution is 5.88. The maximum Gasteiger partial charge on any atom is 0.223 e. The van der Waals surface area contributed by atoms with Crippen molar-refractivity contribution in [2.75, 3.05) is 0 Å². The van der Waals surface area contributed by atoms with Crippen LogP contribution in [0.4, 0.5) is 4.39 Å². The molecule has 1 N–H and O–H groups in total. The summed E-state index contributed by atoms with van der Waals surface area (Å²) in [5.74, 6) is -0.289. The number of aromatic nitrogens is 1. The molecule has 0 spiro atoms. The zero-order chi connectivity index (χ0) is 22.9. The minimum absolute atomic E-state index is 0.0521. The van der Waals surface area contributed by atoms with Gasteiger partial charge in [-0.05, 0) is 73.6 Å². The van der Waals surface area contributed by atoms with Gasteiger partial charge in [-0.1, -0.05) is 54.1 Å². The Morgan fingerprint density at radius 3 is 2.76 bits per heavy atom. The first-order chi connectivity index (χ1) is 16.0. The van der Waals surface area contributed by atoms with Crippen LogP contribution >= 0.6 is 0 Å². The van der Waals surface area contributed by atoms with Gasteiger partial charge in [0.25, 0.3) is 0 Å². The Hall–Kier alpha value is -3.40. The summed E-state index contributed by atoms with van der Waals surface area (Å²) in [5.41, 5.74) is 8.59. The van der Waals surface area contributed by atoms with Crippen molar-refractivity contribution in [1.82, 2.24) is 9.88 Å². The lowest BCUT2D eigenvalue weighted by Crippen LogP contribution is -2.34. The van der Waals surface area contributed by atoms with Crippen molar-refractivity contribution in [1.29, 1.82) is 0 Å². The fourth-order valence-electron chi connectivity index (χ4n) is 5.13. The van der Waals surface area contributed by atoms with E-state index in [1.807, 2.05) is 6.07 Å². The van der Waals surface area contributed by atoms with Gasteiger partial charge in [-0.2, -0.15) is 0 Å². The Morgan fingerprint density at radius 2 is 1.91 bits per heavy atom. The highest BCUT2D eigenvalue weighted by Crippen LogP contribution is 2.35. The topological polar surface area (TPSA) is 34.0 Å². The third-order valence-electron chi connectivity index (χ3n) is 6.93. The molecule has 1 aliphatic carbocycles. The molecule has 1 heterocycles. The van der Waals surface area contributed by atoms with Crippen LogP contribution in [0.3, 0.4) is 0 Å². The Labute approximate surface area is 194 Å². The number of carbonyl (C=O) groups is 1. The largest absolute Gasteiger partial charge is 0.352 e. The van der Waals surface area contributed by atoms with Crippen LogP contribution in [0, 0.1) is 25.6 Å². The van der Waals surface area contributed by atoms with E-state index in [0.717, 1.165) is 31.4 Å². The molecule has 5 rings (SSSR count). The Balaban J connectivity index is 1.40. The number of fused-ring (bicyclic) bond motifs is 3. The third kappa shape index (κ3) is 4.30. The van der Waals surface area contributed by atoms with Crippen molar-refractivity contribution in [3.8, 4) is 0 Å². The molecule has 0 aliphatic heterocycles. The van der Waals surface area contributed by atoms with Crippen molar-refractivity contribution < 1.29 is 9.18 Å². The van der Waals surface area contributed by atoms with E-state index in [1.54, 1.807) is 6.07 Å². The normalized spacial score (nSPS) is 15.4. The fraction of sp³-hybridized carbons (Fsp3) is 0.276. The van der Waals surface area contributed by atoms with Crippen molar-refractivity contribution >= 4 is 16.8 Å². The lowest BCUT2D eigenvalue weighted by Gasteiger charge is -2.24. The number of para-hydroxylation sites is 1. The number of amides is 1. The van der Waals surface area contributed by atoms with Crippen molar-refractivity contribution in [3.05, 3.63) is 106 Å². The van der Waals surface area contributed by atoms with Gasteiger partial charge < -0.3 is 9.88 Å². The summed E-state index contributed by atoms with van der Waals surface area (Å²) >= 11 is 0. The summed E-state index contributed by atoms with van der Waals surface area (Å²) in [4.78, 5) is 13.0. The average Bonchev–Trinajstić information content (AvgIpc) is 3.13. The maximum atomic E-state index is 13.5. The van der Waals surface area contributed by atoms with E-state index in [1.165, 1.54) is 51.0 Å². The predicted octanol–water partition coefficient (Wildman–Crippen LogP) is 5.87. The number of halogens is 1. The maximum absolute atomic E-state index is 13.5. The fourth-order valence-corrected chi connectivity index (χ4v) is 5.13. The number of aryl methyl sites for hydroxylation is 2. The lowest BCUT2D eigenvalue weighted by atomic mass is 9.85. The molecule has 1 atom stereocenters. The molecule has 0 bridgehead atoms. The van der Waals surface area contributed by atoms with Crippen molar-refractivity contribution in [2.24, 2.45) is 5.92 Å². The molecule has 1 aliphatic rings. The number of carbonyl (C=O) groups excluding carboxylic acids is 1. The molecule has 168 valence electrons. The third-order valence-corrected chi connectivity index (χ3v) is 6.93. The van der Waals surface area contributed by atoms with E-state index < -0.39 is 0 Å². The average molecular weight is 441 g/mol. The number of rotatable bonds is 5. The Bertz CT molecular complexity index is 1340. The molecule has 1 aromatic heterocycles. The van der Waals surface area contributed by atoms with Crippen LogP contribution in [0.25, 0.3) is 10.9 Å². The van der Waals surface area contributed by atoms with Gasteiger partial charge in [0.1, 0.15) is 5.82 Å². The van der Waals surface area contributed by atoms with Crippen molar-refractivity contribution in [2.45, 2.75) is 46.2 Å². The van der Waals surface area contributed by atoms with Crippen LogP contribution in [0.2, 0.25) is 0 Å². The number of benzene rings is 3. The van der Waals surface area contributed by atoms with Crippen LogP contribution in [0.1, 0.15) is 39.9 Å². The van der Waals surface area contributed by atoms with Gasteiger partial charge >= 0.3 is 0 Å².